The molecule has 0 fully saturated rings. The van der Waals surface area contributed by atoms with E-state index in [9.17, 15) is 4.39 Å². The van der Waals surface area contributed by atoms with Crippen LogP contribution in [0.15, 0.2) is 22.7 Å². The molecule has 1 aromatic carbocycles. The summed E-state index contributed by atoms with van der Waals surface area (Å²) >= 11 is 3.26. The highest BCUT2D eigenvalue weighted by molar-refractivity contribution is 9.10. The second-order valence-electron chi connectivity index (χ2n) is 4.24. The highest BCUT2D eigenvalue weighted by Crippen LogP contribution is 2.20. The predicted molar refractivity (Wildman–Crippen MR) is 73.7 cm³/mol. The van der Waals surface area contributed by atoms with Crippen LogP contribution in [0.25, 0.3) is 0 Å². The molecule has 0 aromatic heterocycles. The zero-order valence-corrected chi connectivity index (χ0v) is 12.2. The average molecular weight is 303 g/mol. The highest BCUT2D eigenvalue weighted by Gasteiger charge is 2.10. The topological polar surface area (TPSA) is 15.3 Å². The minimum Gasteiger partial charge on any atom is -0.309 e. The van der Waals surface area contributed by atoms with Crippen molar-refractivity contribution in [1.82, 2.24) is 10.2 Å². The van der Waals surface area contributed by atoms with Crippen LogP contribution < -0.4 is 5.32 Å². The summed E-state index contributed by atoms with van der Waals surface area (Å²) < 4.78 is 14.4. The van der Waals surface area contributed by atoms with Crippen molar-refractivity contribution in [2.75, 3.05) is 26.7 Å². The molecule has 0 radical (unpaired) electrons. The minimum atomic E-state index is -0.164. The van der Waals surface area contributed by atoms with Gasteiger partial charge in [-0.2, -0.15) is 0 Å². The van der Waals surface area contributed by atoms with Gasteiger partial charge in [0.2, 0.25) is 0 Å². The zero-order chi connectivity index (χ0) is 12.8. The molecule has 0 heterocycles. The van der Waals surface area contributed by atoms with Crippen molar-refractivity contribution in [1.29, 1.82) is 0 Å². The van der Waals surface area contributed by atoms with Gasteiger partial charge in [0.15, 0.2) is 0 Å². The van der Waals surface area contributed by atoms with E-state index in [4.69, 9.17) is 0 Å². The van der Waals surface area contributed by atoms with E-state index in [-0.39, 0.29) is 11.9 Å². The number of nitrogens with one attached hydrogen (secondary N) is 1. The summed E-state index contributed by atoms with van der Waals surface area (Å²) in [5.41, 5.74) is 0.715. The van der Waals surface area contributed by atoms with E-state index in [0.29, 0.717) is 5.56 Å². The Morgan fingerprint density at radius 3 is 2.76 bits per heavy atom. The fourth-order valence-electron chi connectivity index (χ4n) is 1.59. The van der Waals surface area contributed by atoms with Gasteiger partial charge in [-0.05, 0) is 32.6 Å². The quantitative estimate of drug-likeness (QED) is 0.868. The third-order valence-electron chi connectivity index (χ3n) is 2.91. The molecule has 1 aromatic rings. The lowest BCUT2D eigenvalue weighted by Gasteiger charge is -2.18. The van der Waals surface area contributed by atoms with Gasteiger partial charge in [0, 0.05) is 29.2 Å². The van der Waals surface area contributed by atoms with Crippen molar-refractivity contribution in [3.8, 4) is 0 Å². The number of benzene rings is 1. The normalized spacial score (nSPS) is 13.1. The van der Waals surface area contributed by atoms with Crippen LogP contribution in [0.4, 0.5) is 4.39 Å². The van der Waals surface area contributed by atoms with E-state index >= 15 is 0 Å². The zero-order valence-electron chi connectivity index (χ0n) is 10.6. The van der Waals surface area contributed by atoms with Crippen molar-refractivity contribution in [3.63, 3.8) is 0 Å². The standard InChI is InChI=1S/C13H20BrFN2/c1-4-17(3)8-7-16-10(2)12-6-5-11(14)9-13(12)15/h5-6,9-10,16H,4,7-8H2,1-3H3. The number of nitrogens with zero attached hydrogens (tertiary/aromatic N) is 1. The Kier molecular flexibility index (Phi) is 6.09. The summed E-state index contributed by atoms with van der Waals surface area (Å²) in [6, 6.07) is 5.23. The number of hydrogen-bond donors (Lipinski definition) is 1. The van der Waals surface area contributed by atoms with Gasteiger partial charge >= 0.3 is 0 Å². The third-order valence-corrected chi connectivity index (χ3v) is 3.41. The number of hydrogen-bond acceptors (Lipinski definition) is 2. The SMILES string of the molecule is CCN(C)CCNC(C)c1ccc(Br)cc1F. The number of rotatable bonds is 6. The minimum absolute atomic E-state index is 0.0355. The fraction of sp³-hybridized carbons (Fsp3) is 0.538. The van der Waals surface area contributed by atoms with Crippen LogP contribution in [0.1, 0.15) is 25.5 Å². The van der Waals surface area contributed by atoms with Crippen molar-refractivity contribution in [3.05, 3.63) is 34.1 Å². The average Bonchev–Trinajstić information content (AvgIpc) is 2.28. The third kappa shape index (κ3) is 4.74. The molecule has 0 bridgehead atoms. The summed E-state index contributed by atoms with van der Waals surface area (Å²) in [5, 5.41) is 3.33. The van der Waals surface area contributed by atoms with E-state index in [1.54, 1.807) is 0 Å². The second kappa shape index (κ2) is 7.09. The largest absolute Gasteiger partial charge is 0.309 e. The Balaban J connectivity index is 2.49. The summed E-state index contributed by atoms with van der Waals surface area (Å²) in [5.74, 6) is -0.164. The lowest BCUT2D eigenvalue weighted by molar-refractivity contribution is 0.341. The Bertz CT molecular complexity index is 357. The van der Waals surface area contributed by atoms with Crippen LogP contribution in [0, 0.1) is 5.82 Å². The first-order valence-corrected chi connectivity index (χ1v) is 6.70. The van der Waals surface area contributed by atoms with E-state index < -0.39 is 0 Å². The molecule has 4 heteroatoms. The fourth-order valence-corrected chi connectivity index (χ4v) is 1.93. The first kappa shape index (κ1) is 14.6. The van der Waals surface area contributed by atoms with Crippen molar-refractivity contribution < 1.29 is 4.39 Å². The van der Waals surface area contributed by atoms with Gasteiger partial charge in [-0.1, -0.05) is 28.9 Å². The molecular weight excluding hydrogens is 283 g/mol. The smallest absolute Gasteiger partial charge is 0.129 e. The molecule has 96 valence electrons. The van der Waals surface area contributed by atoms with Crippen LogP contribution in [0.5, 0.6) is 0 Å². The highest BCUT2D eigenvalue weighted by atomic mass is 79.9. The molecule has 1 rings (SSSR count). The maximum absolute atomic E-state index is 13.7. The molecule has 0 amide bonds. The van der Waals surface area contributed by atoms with Crippen LogP contribution in [-0.4, -0.2) is 31.6 Å². The molecule has 0 saturated carbocycles. The monoisotopic (exact) mass is 302 g/mol. The molecule has 1 N–H and O–H groups in total. The molecule has 0 aliphatic carbocycles. The Hall–Kier alpha value is -0.450. The Morgan fingerprint density at radius 1 is 1.47 bits per heavy atom. The Labute approximate surface area is 111 Å². The van der Waals surface area contributed by atoms with Crippen molar-refractivity contribution in [2.45, 2.75) is 19.9 Å². The van der Waals surface area contributed by atoms with Crippen LogP contribution in [0.2, 0.25) is 0 Å². The van der Waals surface area contributed by atoms with Crippen LogP contribution >= 0.6 is 15.9 Å². The molecule has 17 heavy (non-hydrogen) atoms. The Morgan fingerprint density at radius 2 is 2.18 bits per heavy atom. The van der Waals surface area contributed by atoms with Gasteiger partial charge in [-0.15, -0.1) is 0 Å². The molecule has 0 spiro atoms. The molecule has 1 unspecified atom stereocenters. The maximum Gasteiger partial charge on any atom is 0.129 e. The number of likely N-dealkylation sites (N-methyl/N-ethyl adjacent to an activating group) is 1. The van der Waals surface area contributed by atoms with E-state index in [1.165, 1.54) is 6.07 Å². The molecule has 1 atom stereocenters. The summed E-state index contributed by atoms with van der Waals surface area (Å²) in [7, 11) is 2.08. The van der Waals surface area contributed by atoms with Gasteiger partial charge in [0.25, 0.3) is 0 Å². The summed E-state index contributed by atoms with van der Waals surface area (Å²) in [6.07, 6.45) is 0. The predicted octanol–water partition coefficient (Wildman–Crippen LogP) is 3.19. The van der Waals surface area contributed by atoms with E-state index in [0.717, 1.165) is 24.1 Å². The van der Waals surface area contributed by atoms with Gasteiger partial charge in [-0.25, -0.2) is 4.39 Å². The van der Waals surface area contributed by atoms with Gasteiger partial charge in [0.1, 0.15) is 5.82 Å². The molecule has 0 aliphatic rings. The summed E-state index contributed by atoms with van der Waals surface area (Å²) in [4.78, 5) is 2.22. The maximum atomic E-state index is 13.7. The number of halogens is 2. The van der Waals surface area contributed by atoms with Crippen LogP contribution in [0.3, 0.4) is 0 Å². The first-order chi connectivity index (χ1) is 8.04. The molecular formula is C13H20BrFN2. The van der Waals surface area contributed by atoms with Gasteiger partial charge < -0.3 is 10.2 Å². The van der Waals surface area contributed by atoms with Crippen molar-refractivity contribution in [2.24, 2.45) is 0 Å². The second-order valence-corrected chi connectivity index (χ2v) is 5.15. The first-order valence-electron chi connectivity index (χ1n) is 5.91. The van der Waals surface area contributed by atoms with E-state index in [1.807, 2.05) is 19.1 Å². The van der Waals surface area contributed by atoms with Crippen LogP contribution in [-0.2, 0) is 0 Å². The molecule has 0 saturated heterocycles. The molecule has 0 aliphatic heterocycles. The van der Waals surface area contributed by atoms with Gasteiger partial charge in [0.05, 0.1) is 0 Å². The lowest BCUT2D eigenvalue weighted by atomic mass is 10.1. The van der Waals surface area contributed by atoms with Crippen molar-refractivity contribution >= 4 is 15.9 Å². The lowest BCUT2D eigenvalue weighted by Crippen LogP contribution is -2.30. The van der Waals surface area contributed by atoms with Gasteiger partial charge in [-0.3, -0.25) is 0 Å². The van der Waals surface area contributed by atoms with E-state index in [2.05, 4.69) is 40.1 Å². The molecule has 2 nitrogen and oxygen atoms in total. The summed E-state index contributed by atoms with van der Waals surface area (Å²) in [6.45, 7) is 6.97.